The molecule has 0 aliphatic heterocycles. The summed E-state index contributed by atoms with van der Waals surface area (Å²) in [4.78, 5) is 0. The van der Waals surface area contributed by atoms with E-state index >= 15 is 0 Å². The third-order valence-electron chi connectivity index (χ3n) is 2.04. The predicted molar refractivity (Wildman–Crippen MR) is 69.8 cm³/mol. The molecule has 1 aromatic carbocycles. The number of rotatable bonds is 6. The average Bonchev–Trinajstić information content (AvgIpc) is 2.23. The molecule has 0 heterocycles. The van der Waals surface area contributed by atoms with Crippen LogP contribution in [-0.4, -0.2) is 27.9 Å². The first-order chi connectivity index (χ1) is 7.94. The van der Waals surface area contributed by atoms with E-state index in [4.69, 9.17) is 22.1 Å². The Kier molecular flexibility index (Phi) is 5.04. The normalized spacial score (nSPS) is 11.4. The van der Waals surface area contributed by atoms with E-state index in [2.05, 4.69) is 4.72 Å². The summed E-state index contributed by atoms with van der Waals surface area (Å²) in [5, 5.41) is 0.321. The van der Waals surface area contributed by atoms with Gasteiger partial charge in [-0.3, -0.25) is 4.72 Å². The summed E-state index contributed by atoms with van der Waals surface area (Å²) in [6.45, 7) is 0.406. The first-order valence-corrected chi connectivity index (χ1v) is 7.02. The summed E-state index contributed by atoms with van der Waals surface area (Å²) in [5.74, 6) is 0.00281. The molecule has 96 valence electrons. The SMILES string of the molecule is COCCCS(=O)(=O)Nc1ccc(N)c(Cl)c1. The van der Waals surface area contributed by atoms with Gasteiger partial charge in [0.05, 0.1) is 22.2 Å². The van der Waals surface area contributed by atoms with Crippen molar-refractivity contribution in [3.05, 3.63) is 23.2 Å². The molecule has 0 spiro atoms. The quantitative estimate of drug-likeness (QED) is 0.613. The van der Waals surface area contributed by atoms with Crippen molar-refractivity contribution in [2.75, 3.05) is 29.9 Å². The zero-order valence-corrected chi connectivity index (χ0v) is 11.0. The Morgan fingerprint density at radius 2 is 2.18 bits per heavy atom. The zero-order chi connectivity index (χ0) is 12.9. The Labute approximate surface area is 106 Å². The van der Waals surface area contributed by atoms with Crippen molar-refractivity contribution >= 4 is 33.0 Å². The van der Waals surface area contributed by atoms with Gasteiger partial charge in [-0.15, -0.1) is 0 Å². The molecule has 0 bridgehead atoms. The second kappa shape index (κ2) is 6.09. The lowest BCUT2D eigenvalue weighted by Crippen LogP contribution is -2.17. The van der Waals surface area contributed by atoms with Gasteiger partial charge in [-0.1, -0.05) is 11.6 Å². The third-order valence-corrected chi connectivity index (χ3v) is 3.74. The highest BCUT2D eigenvalue weighted by molar-refractivity contribution is 7.92. The molecule has 0 saturated heterocycles. The number of hydrogen-bond acceptors (Lipinski definition) is 4. The molecule has 0 radical (unpaired) electrons. The van der Waals surface area contributed by atoms with E-state index in [1.165, 1.54) is 13.2 Å². The second-order valence-corrected chi connectivity index (χ2v) is 5.75. The average molecular weight is 279 g/mol. The maximum absolute atomic E-state index is 11.6. The van der Waals surface area contributed by atoms with Crippen LogP contribution in [0.25, 0.3) is 0 Å². The number of anilines is 2. The van der Waals surface area contributed by atoms with Crippen molar-refractivity contribution in [3.63, 3.8) is 0 Å². The van der Waals surface area contributed by atoms with Gasteiger partial charge in [0.25, 0.3) is 0 Å². The van der Waals surface area contributed by atoms with Gasteiger partial charge in [-0.05, 0) is 24.6 Å². The molecule has 0 aliphatic carbocycles. The van der Waals surface area contributed by atoms with Crippen molar-refractivity contribution in [1.29, 1.82) is 0 Å². The van der Waals surface area contributed by atoms with E-state index in [1.807, 2.05) is 0 Å². The molecule has 0 fully saturated rings. The van der Waals surface area contributed by atoms with Gasteiger partial charge < -0.3 is 10.5 Å². The number of nitrogen functional groups attached to an aromatic ring is 1. The lowest BCUT2D eigenvalue weighted by Gasteiger charge is -2.08. The molecule has 0 amide bonds. The summed E-state index contributed by atoms with van der Waals surface area (Å²) in [5.41, 5.74) is 6.34. The fourth-order valence-electron chi connectivity index (χ4n) is 1.21. The van der Waals surface area contributed by atoms with E-state index in [1.54, 1.807) is 12.1 Å². The second-order valence-electron chi connectivity index (χ2n) is 3.50. The van der Waals surface area contributed by atoms with Gasteiger partial charge in [-0.25, -0.2) is 8.42 Å². The standard InChI is InChI=1S/C10H15ClN2O3S/c1-16-5-2-6-17(14,15)13-8-3-4-10(12)9(11)7-8/h3-4,7,13H,2,5-6,12H2,1H3. The highest BCUT2D eigenvalue weighted by Gasteiger charge is 2.10. The Morgan fingerprint density at radius 3 is 2.76 bits per heavy atom. The van der Waals surface area contributed by atoms with Crippen LogP contribution < -0.4 is 10.5 Å². The summed E-state index contributed by atoms with van der Waals surface area (Å²) in [6, 6.07) is 4.59. The third kappa shape index (κ3) is 4.80. The summed E-state index contributed by atoms with van der Waals surface area (Å²) >= 11 is 5.79. The van der Waals surface area contributed by atoms with Crippen molar-refractivity contribution in [3.8, 4) is 0 Å². The van der Waals surface area contributed by atoms with Crippen molar-refractivity contribution in [1.82, 2.24) is 0 Å². The van der Waals surface area contributed by atoms with Crippen molar-refractivity contribution in [2.45, 2.75) is 6.42 Å². The summed E-state index contributed by atoms with van der Waals surface area (Å²) < 4.78 is 30.5. The van der Waals surface area contributed by atoms with Crippen LogP contribution in [0.5, 0.6) is 0 Å². The number of ether oxygens (including phenoxy) is 1. The number of sulfonamides is 1. The van der Waals surface area contributed by atoms with Crippen molar-refractivity contribution in [2.24, 2.45) is 0 Å². The van der Waals surface area contributed by atoms with Crippen LogP contribution in [-0.2, 0) is 14.8 Å². The number of nitrogens with two attached hydrogens (primary N) is 1. The largest absolute Gasteiger partial charge is 0.398 e. The minimum absolute atomic E-state index is 0.00281. The maximum atomic E-state index is 11.6. The van der Waals surface area contributed by atoms with Crippen LogP contribution in [0.1, 0.15) is 6.42 Å². The van der Waals surface area contributed by atoms with Gasteiger partial charge in [0, 0.05) is 13.7 Å². The van der Waals surface area contributed by atoms with Gasteiger partial charge >= 0.3 is 0 Å². The van der Waals surface area contributed by atoms with Gasteiger partial charge in [0.15, 0.2) is 0 Å². The van der Waals surface area contributed by atoms with Gasteiger partial charge in [-0.2, -0.15) is 0 Å². The fourth-order valence-corrected chi connectivity index (χ4v) is 2.48. The molecule has 5 nitrogen and oxygen atoms in total. The van der Waals surface area contributed by atoms with Crippen LogP contribution in [0, 0.1) is 0 Å². The highest BCUT2D eigenvalue weighted by atomic mass is 35.5. The molecule has 0 atom stereocenters. The first-order valence-electron chi connectivity index (χ1n) is 4.99. The molecule has 0 aliphatic rings. The molecule has 1 rings (SSSR count). The molecule has 7 heteroatoms. The summed E-state index contributed by atoms with van der Waals surface area (Å²) in [6.07, 6.45) is 0.439. The summed E-state index contributed by atoms with van der Waals surface area (Å²) in [7, 11) is -1.84. The van der Waals surface area contributed by atoms with Crippen LogP contribution in [0.2, 0.25) is 5.02 Å². The molecule has 1 aromatic rings. The van der Waals surface area contributed by atoms with Gasteiger partial charge in [0.1, 0.15) is 0 Å². The Morgan fingerprint density at radius 1 is 1.47 bits per heavy atom. The molecular weight excluding hydrogens is 264 g/mol. The minimum Gasteiger partial charge on any atom is -0.398 e. The molecule has 0 unspecified atom stereocenters. The van der Waals surface area contributed by atoms with E-state index in [0.29, 0.717) is 29.4 Å². The maximum Gasteiger partial charge on any atom is 0.232 e. The van der Waals surface area contributed by atoms with Gasteiger partial charge in [0.2, 0.25) is 10.0 Å². The number of benzene rings is 1. The van der Waals surface area contributed by atoms with Crippen molar-refractivity contribution < 1.29 is 13.2 Å². The van der Waals surface area contributed by atoms with Crippen LogP contribution in [0.4, 0.5) is 11.4 Å². The van der Waals surface area contributed by atoms with Crippen LogP contribution >= 0.6 is 11.6 Å². The number of hydrogen-bond donors (Lipinski definition) is 2. The Bertz CT molecular complexity index is 476. The fraction of sp³-hybridized carbons (Fsp3) is 0.400. The van der Waals surface area contributed by atoms with Crippen LogP contribution in [0.15, 0.2) is 18.2 Å². The molecule has 0 saturated carbocycles. The monoisotopic (exact) mass is 278 g/mol. The highest BCUT2D eigenvalue weighted by Crippen LogP contribution is 2.23. The number of methoxy groups -OCH3 is 1. The van der Waals surface area contributed by atoms with E-state index in [9.17, 15) is 8.42 Å². The predicted octanol–water partition coefficient (Wildman–Crippen LogP) is 1.70. The lowest BCUT2D eigenvalue weighted by molar-refractivity contribution is 0.199. The molecule has 3 N–H and O–H groups in total. The van der Waals surface area contributed by atoms with E-state index in [0.717, 1.165) is 0 Å². The smallest absolute Gasteiger partial charge is 0.232 e. The Balaban J connectivity index is 2.66. The number of halogens is 1. The van der Waals surface area contributed by atoms with E-state index in [-0.39, 0.29) is 5.75 Å². The number of nitrogens with one attached hydrogen (secondary N) is 1. The topological polar surface area (TPSA) is 81.4 Å². The Hall–Kier alpha value is -0.980. The lowest BCUT2D eigenvalue weighted by atomic mass is 10.3. The van der Waals surface area contributed by atoms with Crippen LogP contribution in [0.3, 0.4) is 0 Å². The first kappa shape index (κ1) is 14.1. The van der Waals surface area contributed by atoms with E-state index < -0.39 is 10.0 Å². The molecule has 17 heavy (non-hydrogen) atoms. The molecular formula is C10H15ClN2O3S. The zero-order valence-electron chi connectivity index (χ0n) is 9.44. The minimum atomic E-state index is -3.37. The molecule has 0 aromatic heterocycles.